The minimum absolute atomic E-state index is 0.309. The van der Waals surface area contributed by atoms with E-state index in [0.29, 0.717) is 11.1 Å². The maximum Gasteiger partial charge on any atom is 0.342 e. The zero-order chi connectivity index (χ0) is 20.2. The van der Waals surface area contributed by atoms with Crippen LogP contribution in [0, 0.1) is 5.82 Å². The SMILES string of the molecule is O=c1oc2ccccc2c2c1[C@@H](c1ccc(F)cc1)c1c(ccc3ccccc13)N2. The Kier molecular flexibility index (Phi) is 3.56. The Balaban J connectivity index is 1.76. The number of rotatable bonds is 1. The topological polar surface area (TPSA) is 42.2 Å². The molecule has 0 amide bonds. The van der Waals surface area contributed by atoms with Gasteiger partial charge in [-0.1, -0.05) is 54.6 Å². The number of nitrogens with one attached hydrogen (secondary N) is 1. The summed E-state index contributed by atoms with van der Waals surface area (Å²) in [7, 11) is 0. The average Bonchev–Trinajstić information content (AvgIpc) is 2.78. The number of fused-ring (bicyclic) bond motifs is 6. The lowest BCUT2D eigenvalue weighted by Gasteiger charge is -2.30. The van der Waals surface area contributed by atoms with Crippen molar-refractivity contribution in [3.63, 3.8) is 0 Å². The van der Waals surface area contributed by atoms with Crippen LogP contribution in [0.1, 0.15) is 22.6 Å². The summed E-state index contributed by atoms with van der Waals surface area (Å²) < 4.78 is 19.4. The van der Waals surface area contributed by atoms with Crippen molar-refractivity contribution in [2.75, 3.05) is 5.32 Å². The number of hydrogen-bond acceptors (Lipinski definition) is 3. The maximum absolute atomic E-state index is 13.7. The molecule has 1 aliphatic rings. The second kappa shape index (κ2) is 6.29. The Morgan fingerprint density at radius 3 is 2.33 bits per heavy atom. The molecule has 0 bridgehead atoms. The molecule has 6 rings (SSSR count). The number of halogens is 1. The molecule has 0 fully saturated rings. The summed E-state index contributed by atoms with van der Waals surface area (Å²) in [4.78, 5) is 13.2. The van der Waals surface area contributed by atoms with Gasteiger partial charge in [0.2, 0.25) is 0 Å². The van der Waals surface area contributed by atoms with Gasteiger partial charge >= 0.3 is 5.63 Å². The van der Waals surface area contributed by atoms with Gasteiger partial charge in [-0.05, 0) is 52.2 Å². The van der Waals surface area contributed by atoms with E-state index in [-0.39, 0.29) is 17.4 Å². The van der Waals surface area contributed by atoms with Crippen LogP contribution in [0.3, 0.4) is 0 Å². The third-order valence-corrected chi connectivity index (χ3v) is 5.86. The zero-order valence-corrected chi connectivity index (χ0v) is 15.9. The van der Waals surface area contributed by atoms with Crippen molar-refractivity contribution < 1.29 is 8.81 Å². The highest BCUT2D eigenvalue weighted by atomic mass is 19.1. The van der Waals surface area contributed by atoms with Gasteiger partial charge < -0.3 is 9.73 Å². The molecule has 2 heterocycles. The second-order valence-electron chi connectivity index (χ2n) is 7.53. The first kappa shape index (κ1) is 17.0. The molecule has 0 saturated carbocycles. The Hall–Kier alpha value is -3.92. The highest BCUT2D eigenvalue weighted by molar-refractivity contribution is 6.00. The van der Waals surface area contributed by atoms with Gasteiger partial charge in [0, 0.05) is 17.0 Å². The van der Waals surface area contributed by atoms with Gasteiger partial charge in [-0.25, -0.2) is 9.18 Å². The van der Waals surface area contributed by atoms with Crippen molar-refractivity contribution in [2.45, 2.75) is 5.92 Å². The van der Waals surface area contributed by atoms with Gasteiger partial charge in [0.25, 0.3) is 0 Å². The molecular weight excluding hydrogens is 377 g/mol. The molecule has 1 aromatic heterocycles. The van der Waals surface area contributed by atoms with E-state index in [9.17, 15) is 9.18 Å². The van der Waals surface area contributed by atoms with E-state index in [1.54, 1.807) is 18.2 Å². The number of hydrogen-bond donors (Lipinski definition) is 1. The van der Waals surface area contributed by atoms with Gasteiger partial charge in [0.05, 0.1) is 11.3 Å². The highest BCUT2D eigenvalue weighted by Crippen LogP contribution is 2.48. The number of anilines is 2. The van der Waals surface area contributed by atoms with E-state index in [1.807, 2.05) is 36.4 Å². The molecular formula is C26H16FNO2. The van der Waals surface area contributed by atoms with Crippen molar-refractivity contribution in [3.05, 3.63) is 118 Å². The quantitative estimate of drug-likeness (QED) is 0.332. The molecule has 0 aliphatic carbocycles. The summed E-state index contributed by atoms with van der Waals surface area (Å²) >= 11 is 0. The highest BCUT2D eigenvalue weighted by Gasteiger charge is 2.33. The van der Waals surface area contributed by atoms with Gasteiger partial charge in [-0.2, -0.15) is 0 Å². The molecule has 4 aromatic carbocycles. The minimum atomic E-state index is -0.385. The maximum atomic E-state index is 13.7. The summed E-state index contributed by atoms with van der Waals surface area (Å²) in [6.45, 7) is 0. The smallest absolute Gasteiger partial charge is 0.342 e. The molecule has 1 N–H and O–H groups in total. The third kappa shape index (κ3) is 2.40. The predicted molar refractivity (Wildman–Crippen MR) is 117 cm³/mol. The standard InChI is InChI=1S/C26H16FNO2/c27-17-12-9-16(10-13-17)22-23-18-6-2-1-5-15(18)11-14-20(23)28-25-19-7-3-4-8-21(19)30-26(29)24(22)25/h1-14,22,28H/t22-/m0/s1. The fraction of sp³-hybridized carbons (Fsp3) is 0.0385. The first-order chi connectivity index (χ1) is 14.7. The Morgan fingerprint density at radius 1 is 0.767 bits per heavy atom. The number of benzene rings is 4. The Morgan fingerprint density at radius 2 is 1.50 bits per heavy atom. The van der Waals surface area contributed by atoms with E-state index >= 15 is 0 Å². The van der Waals surface area contributed by atoms with E-state index in [1.165, 1.54) is 12.1 Å². The van der Waals surface area contributed by atoms with Crippen LogP contribution in [0.5, 0.6) is 0 Å². The summed E-state index contributed by atoms with van der Waals surface area (Å²) in [5.74, 6) is -0.680. The summed E-state index contributed by atoms with van der Waals surface area (Å²) in [6, 6.07) is 26.1. The van der Waals surface area contributed by atoms with Crippen molar-refractivity contribution in [1.82, 2.24) is 0 Å². The normalized spacial score (nSPS) is 14.9. The Bertz CT molecular complexity index is 1500. The molecule has 3 nitrogen and oxygen atoms in total. The zero-order valence-electron chi connectivity index (χ0n) is 15.9. The van der Waals surface area contributed by atoms with Gasteiger partial charge in [-0.15, -0.1) is 0 Å². The lowest BCUT2D eigenvalue weighted by Crippen LogP contribution is -2.22. The van der Waals surface area contributed by atoms with E-state index in [2.05, 4.69) is 23.5 Å². The van der Waals surface area contributed by atoms with E-state index in [0.717, 1.165) is 38.7 Å². The molecule has 144 valence electrons. The molecule has 0 radical (unpaired) electrons. The van der Waals surface area contributed by atoms with Crippen molar-refractivity contribution in [2.24, 2.45) is 0 Å². The predicted octanol–water partition coefficient (Wildman–Crippen LogP) is 6.32. The number of para-hydroxylation sites is 1. The van der Waals surface area contributed by atoms with Crippen LogP contribution >= 0.6 is 0 Å². The fourth-order valence-corrected chi connectivity index (χ4v) is 4.54. The summed E-state index contributed by atoms with van der Waals surface area (Å²) in [5.41, 5.74) is 4.23. The van der Waals surface area contributed by atoms with Crippen molar-refractivity contribution >= 4 is 33.1 Å². The minimum Gasteiger partial charge on any atom is -0.422 e. The van der Waals surface area contributed by atoms with Crippen molar-refractivity contribution in [3.8, 4) is 0 Å². The fourth-order valence-electron chi connectivity index (χ4n) is 4.54. The first-order valence-electron chi connectivity index (χ1n) is 9.80. The molecule has 5 aromatic rings. The monoisotopic (exact) mass is 393 g/mol. The van der Waals surface area contributed by atoms with Crippen molar-refractivity contribution in [1.29, 1.82) is 0 Å². The van der Waals surface area contributed by atoms with E-state index in [4.69, 9.17) is 4.42 Å². The van der Waals surface area contributed by atoms with Crippen LogP contribution in [0.2, 0.25) is 0 Å². The molecule has 1 aliphatic heterocycles. The largest absolute Gasteiger partial charge is 0.422 e. The summed E-state index contributed by atoms with van der Waals surface area (Å²) in [5, 5.41) is 6.47. The summed E-state index contributed by atoms with van der Waals surface area (Å²) in [6.07, 6.45) is 0. The third-order valence-electron chi connectivity index (χ3n) is 5.86. The van der Waals surface area contributed by atoms with Crippen LogP contribution in [0.15, 0.2) is 94.1 Å². The lowest BCUT2D eigenvalue weighted by atomic mass is 9.79. The molecule has 30 heavy (non-hydrogen) atoms. The molecule has 0 spiro atoms. The van der Waals surface area contributed by atoms with Crippen LogP contribution < -0.4 is 10.9 Å². The lowest BCUT2D eigenvalue weighted by molar-refractivity contribution is 0.549. The van der Waals surface area contributed by atoms with Gasteiger partial charge in [0.15, 0.2) is 0 Å². The van der Waals surface area contributed by atoms with Crippen LogP contribution in [0.25, 0.3) is 21.7 Å². The molecule has 4 heteroatoms. The average molecular weight is 393 g/mol. The van der Waals surface area contributed by atoms with Gasteiger partial charge in [0.1, 0.15) is 11.4 Å². The first-order valence-corrected chi connectivity index (χ1v) is 9.80. The molecule has 0 unspecified atom stereocenters. The van der Waals surface area contributed by atoms with Gasteiger partial charge in [-0.3, -0.25) is 0 Å². The molecule has 0 saturated heterocycles. The van der Waals surface area contributed by atoms with Crippen LogP contribution in [0.4, 0.5) is 15.8 Å². The van der Waals surface area contributed by atoms with Crippen LogP contribution in [-0.4, -0.2) is 0 Å². The second-order valence-corrected chi connectivity index (χ2v) is 7.53. The van der Waals surface area contributed by atoms with Crippen LogP contribution in [-0.2, 0) is 0 Å². The van der Waals surface area contributed by atoms with E-state index < -0.39 is 0 Å². The Labute approximate surface area is 171 Å². The molecule has 1 atom stereocenters.